The summed E-state index contributed by atoms with van der Waals surface area (Å²) in [6.07, 6.45) is 3.64. The van der Waals surface area contributed by atoms with Crippen molar-refractivity contribution >= 4 is 5.91 Å². The second-order valence-corrected chi connectivity index (χ2v) is 5.11. The first-order valence-electron chi connectivity index (χ1n) is 6.76. The van der Waals surface area contributed by atoms with Gasteiger partial charge in [-0.25, -0.2) is 0 Å². The molecule has 4 heteroatoms. The Bertz CT molecular complexity index is 225. The van der Waals surface area contributed by atoms with Gasteiger partial charge in [0.2, 0.25) is 5.91 Å². The number of aliphatic hydroxyl groups is 1. The Hall–Kier alpha value is -0.610. The number of aliphatic hydroxyl groups excluding tert-OH is 1. The average molecular weight is 242 g/mol. The van der Waals surface area contributed by atoms with E-state index in [1.54, 1.807) is 0 Å². The third kappa shape index (κ3) is 3.96. The quantitative estimate of drug-likeness (QED) is 0.648. The van der Waals surface area contributed by atoms with Crippen molar-refractivity contribution in [1.29, 1.82) is 0 Å². The van der Waals surface area contributed by atoms with Gasteiger partial charge in [-0.1, -0.05) is 13.8 Å². The summed E-state index contributed by atoms with van der Waals surface area (Å²) in [5.41, 5.74) is -0.136. The molecule has 100 valence electrons. The van der Waals surface area contributed by atoms with Gasteiger partial charge >= 0.3 is 0 Å². The molecule has 1 rings (SSSR count). The van der Waals surface area contributed by atoms with Crippen molar-refractivity contribution in [3.05, 3.63) is 0 Å². The molecule has 0 aliphatic carbocycles. The number of carbonyl (C=O) groups is 1. The highest BCUT2D eigenvalue weighted by atomic mass is 16.3. The second kappa shape index (κ2) is 6.97. The lowest BCUT2D eigenvalue weighted by Crippen LogP contribution is -2.44. The van der Waals surface area contributed by atoms with Gasteiger partial charge in [0.1, 0.15) is 0 Å². The number of rotatable bonds is 6. The Labute approximate surface area is 104 Å². The lowest BCUT2D eigenvalue weighted by Gasteiger charge is -2.31. The molecule has 0 bridgehead atoms. The van der Waals surface area contributed by atoms with E-state index in [2.05, 4.69) is 24.5 Å². The molecule has 0 aromatic carbocycles. The molecule has 1 fully saturated rings. The number of nitrogens with one attached hydrogen (secondary N) is 2. The van der Waals surface area contributed by atoms with Crippen molar-refractivity contribution in [3.8, 4) is 0 Å². The molecular formula is C13H26N2O2. The van der Waals surface area contributed by atoms with Crippen molar-refractivity contribution < 1.29 is 9.90 Å². The van der Waals surface area contributed by atoms with Crippen LogP contribution in [0.15, 0.2) is 0 Å². The van der Waals surface area contributed by atoms with Gasteiger partial charge in [-0.05, 0) is 38.8 Å². The molecule has 0 saturated carbocycles. The number of carbonyl (C=O) groups excluding carboxylic acids is 1. The van der Waals surface area contributed by atoms with Crippen LogP contribution < -0.4 is 10.6 Å². The summed E-state index contributed by atoms with van der Waals surface area (Å²) in [5, 5.41) is 15.7. The third-order valence-corrected chi connectivity index (χ3v) is 4.18. The maximum absolute atomic E-state index is 12.0. The topological polar surface area (TPSA) is 61.4 Å². The minimum absolute atomic E-state index is 0.136. The van der Waals surface area contributed by atoms with Crippen LogP contribution in [0.1, 0.15) is 39.5 Å². The summed E-state index contributed by atoms with van der Waals surface area (Å²) in [6, 6.07) is 0. The van der Waals surface area contributed by atoms with E-state index in [1.165, 1.54) is 0 Å². The molecule has 0 unspecified atom stereocenters. The predicted octanol–water partition coefficient (Wildman–Crippen LogP) is 0.901. The van der Waals surface area contributed by atoms with Crippen LogP contribution in [0, 0.1) is 11.3 Å². The highest BCUT2D eigenvalue weighted by molar-refractivity contribution is 5.78. The van der Waals surface area contributed by atoms with Crippen LogP contribution >= 0.6 is 0 Å². The van der Waals surface area contributed by atoms with Crippen LogP contribution in [0.25, 0.3) is 0 Å². The molecule has 1 aliphatic heterocycles. The molecule has 0 atom stereocenters. The molecule has 3 N–H and O–H groups in total. The Morgan fingerprint density at radius 1 is 1.35 bits per heavy atom. The molecule has 1 amide bonds. The summed E-state index contributed by atoms with van der Waals surface area (Å²) in [6.45, 7) is 6.74. The van der Waals surface area contributed by atoms with Gasteiger partial charge in [0.25, 0.3) is 0 Å². The predicted molar refractivity (Wildman–Crippen MR) is 68.7 cm³/mol. The van der Waals surface area contributed by atoms with E-state index in [0.717, 1.165) is 38.8 Å². The minimum Gasteiger partial charge on any atom is -0.396 e. The Kier molecular flexibility index (Phi) is 5.92. The number of amides is 1. The molecule has 1 saturated heterocycles. The van der Waals surface area contributed by atoms with Crippen LogP contribution in [0.5, 0.6) is 0 Å². The largest absolute Gasteiger partial charge is 0.396 e. The van der Waals surface area contributed by atoms with Crippen LogP contribution in [-0.2, 0) is 4.79 Å². The number of hydrogen-bond acceptors (Lipinski definition) is 3. The zero-order valence-corrected chi connectivity index (χ0v) is 11.1. The fraction of sp³-hybridized carbons (Fsp3) is 0.923. The van der Waals surface area contributed by atoms with Gasteiger partial charge < -0.3 is 15.7 Å². The van der Waals surface area contributed by atoms with Crippen molar-refractivity contribution in [2.45, 2.75) is 39.5 Å². The average Bonchev–Trinajstić information content (AvgIpc) is 2.41. The van der Waals surface area contributed by atoms with E-state index < -0.39 is 0 Å². The van der Waals surface area contributed by atoms with Gasteiger partial charge in [-0.2, -0.15) is 0 Å². The van der Waals surface area contributed by atoms with Crippen molar-refractivity contribution in [2.75, 3.05) is 26.2 Å². The molecule has 0 spiro atoms. The molecule has 17 heavy (non-hydrogen) atoms. The summed E-state index contributed by atoms with van der Waals surface area (Å²) >= 11 is 0. The van der Waals surface area contributed by atoms with Crippen molar-refractivity contribution in [3.63, 3.8) is 0 Å². The number of hydrogen-bond donors (Lipinski definition) is 3. The van der Waals surface area contributed by atoms with Crippen LogP contribution in [-0.4, -0.2) is 37.3 Å². The SMILES string of the molecule is CCC(CC)(CO)CNC(=O)C1CCNCC1. The second-order valence-electron chi connectivity index (χ2n) is 5.11. The zero-order chi connectivity index (χ0) is 12.7. The monoisotopic (exact) mass is 242 g/mol. The maximum atomic E-state index is 12.0. The van der Waals surface area contributed by atoms with Gasteiger partial charge in [0.05, 0.1) is 6.61 Å². The Balaban J connectivity index is 2.40. The van der Waals surface area contributed by atoms with Gasteiger partial charge in [0.15, 0.2) is 0 Å². The molecule has 0 aromatic heterocycles. The standard InChI is InChI=1S/C13H26N2O2/c1-3-13(4-2,10-16)9-15-12(17)11-5-7-14-8-6-11/h11,14,16H,3-10H2,1-2H3,(H,15,17). The smallest absolute Gasteiger partial charge is 0.223 e. The Morgan fingerprint density at radius 2 is 1.94 bits per heavy atom. The first-order valence-corrected chi connectivity index (χ1v) is 6.76. The van der Waals surface area contributed by atoms with Gasteiger partial charge in [-0.15, -0.1) is 0 Å². The van der Waals surface area contributed by atoms with E-state index in [4.69, 9.17) is 0 Å². The van der Waals surface area contributed by atoms with Crippen LogP contribution in [0.2, 0.25) is 0 Å². The molecule has 1 heterocycles. The number of piperidine rings is 1. The van der Waals surface area contributed by atoms with Gasteiger partial charge in [0, 0.05) is 17.9 Å². The first kappa shape index (κ1) is 14.5. The van der Waals surface area contributed by atoms with Crippen molar-refractivity contribution in [2.24, 2.45) is 11.3 Å². The Morgan fingerprint density at radius 3 is 2.41 bits per heavy atom. The summed E-state index contributed by atoms with van der Waals surface area (Å²) in [7, 11) is 0. The lowest BCUT2D eigenvalue weighted by molar-refractivity contribution is -0.126. The van der Waals surface area contributed by atoms with Crippen LogP contribution in [0.3, 0.4) is 0 Å². The molecule has 1 aliphatic rings. The fourth-order valence-corrected chi connectivity index (χ4v) is 2.28. The van der Waals surface area contributed by atoms with Crippen LogP contribution in [0.4, 0.5) is 0 Å². The van der Waals surface area contributed by atoms with Gasteiger partial charge in [-0.3, -0.25) is 4.79 Å². The molecule has 4 nitrogen and oxygen atoms in total. The van der Waals surface area contributed by atoms with E-state index in [0.29, 0.717) is 6.54 Å². The highest BCUT2D eigenvalue weighted by Crippen LogP contribution is 2.24. The summed E-state index contributed by atoms with van der Waals surface area (Å²) in [5.74, 6) is 0.313. The normalized spacial score (nSPS) is 18.1. The third-order valence-electron chi connectivity index (χ3n) is 4.18. The van der Waals surface area contributed by atoms with Crippen molar-refractivity contribution in [1.82, 2.24) is 10.6 Å². The fourth-order valence-electron chi connectivity index (χ4n) is 2.28. The highest BCUT2D eigenvalue weighted by Gasteiger charge is 2.28. The van der Waals surface area contributed by atoms with E-state index in [9.17, 15) is 9.90 Å². The molecular weight excluding hydrogens is 216 g/mol. The summed E-state index contributed by atoms with van der Waals surface area (Å²) < 4.78 is 0. The molecule has 0 radical (unpaired) electrons. The summed E-state index contributed by atoms with van der Waals surface area (Å²) in [4.78, 5) is 12.0. The lowest BCUT2D eigenvalue weighted by atomic mass is 9.83. The maximum Gasteiger partial charge on any atom is 0.223 e. The van der Waals surface area contributed by atoms with E-state index >= 15 is 0 Å². The molecule has 0 aromatic rings. The van der Waals surface area contributed by atoms with E-state index in [1.807, 2.05) is 0 Å². The minimum atomic E-state index is -0.136. The zero-order valence-electron chi connectivity index (χ0n) is 11.1. The van der Waals surface area contributed by atoms with E-state index in [-0.39, 0.29) is 23.8 Å². The first-order chi connectivity index (χ1) is 8.17.